The van der Waals surface area contributed by atoms with E-state index in [1.165, 1.54) is 199 Å². The number of hydrogen-bond donors (Lipinski definition) is 0. The molecule has 6 heteroatoms. The minimum atomic E-state index is -0.785. The molecule has 0 rings (SSSR count). The van der Waals surface area contributed by atoms with E-state index < -0.39 is 6.10 Å². The van der Waals surface area contributed by atoms with Crippen molar-refractivity contribution in [3.8, 4) is 0 Å². The first kappa shape index (κ1) is 75.6. The molecule has 0 saturated heterocycles. The Hall–Kier alpha value is -3.41. The van der Waals surface area contributed by atoms with Gasteiger partial charge >= 0.3 is 17.9 Å². The average molecular weight is 1100 g/mol. The first-order chi connectivity index (χ1) is 39.0. The van der Waals surface area contributed by atoms with Gasteiger partial charge in [-0.25, -0.2) is 0 Å². The van der Waals surface area contributed by atoms with Crippen LogP contribution in [0.1, 0.15) is 342 Å². The minimum Gasteiger partial charge on any atom is -0.462 e. The lowest BCUT2D eigenvalue weighted by atomic mass is 10.1. The van der Waals surface area contributed by atoms with Crippen molar-refractivity contribution in [2.45, 2.75) is 348 Å². The molecule has 0 saturated carbocycles. The van der Waals surface area contributed by atoms with Crippen LogP contribution in [0.25, 0.3) is 0 Å². The van der Waals surface area contributed by atoms with Crippen molar-refractivity contribution in [2.24, 2.45) is 0 Å². The topological polar surface area (TPSA) is 78.9 Å². The number of rotatable bonds is 62. The van der Waals surface area contributed by atoms with Gasteiger partial charge in [-0.15, -0.1) is 0 Å². The predicted octanol–water partition coefficient (Wildman–Crippen LogP) is 23.4. The van der Waals surface area contributed by atoms with Gasteiger partial charge in [-0.1, -0.05) is 292 Å². The van der Waals surface area contributed by atoms with E-state index in [0.717, 1.165) is 103 Å². The fourth-order valence-corrected chi connectivity index (χ4v) is 9.76. The highest BCUT2D eigenvalue weighted by Crippen LogP contribution is 2.17. The van der Waals surface area contributed by atoms with Crippen LogP contribution >= 0.6 is 0 Å². The van der Waals surface area contributed by atoms with Gasteiger partial charge in [0.1, 0.15) is 13.2 Å². The van der Waals surface area contributed by atoms with Crippen LogP contribution in [0.3, 0.4) is 0 Å². The number of carbonyl (C=O) groups is 3. The fourth-order valence-electron chi connectivity index (χ4n) is 9.76. The van der Waals surface area contributed by atoms with Gasteiger partial charge in [0.2, 0.25) is 0 Å². The first-order valence-electron chi connectivity index (χ1n) is 34.1. The van der Waals surface area contributed by atoms with Crippen molar-refractivity contribution in [3.05, 3.63) is 85.1 Å². The van der Waals surface area contributed by atoms with E-state index >= 15 is 0 Å². The van der Waals surface area contributed by atoms with Gasteiger partial charge in [0.25, 0.3) is 0 Å². The van der Waals surface area contributed by atoms with Gasteiger partial charge in [-0.2, -0.15) is 0 Å². The highest BCUT2D eigenvalue weighted by atomic mass is 16.6. The molecule has 79 heavy (non-hydrogen) atoms. The molecule has 0 aromatic carbocycles. The molecule has 0 aliphatic rings. The molecule has 0 spiro atoms. The van der Waals surface area contributed by atoms with Gasteiger partial charge in [-0.3, -0.25) is 14.4 Å². The summed E-state index contributed by atoms with van der Waals surface area (Å²) in [5.74, 6) is -0.881. The molecule has 456 valence electrons. The maximum Gasteiger partial charge on any atom is 0.306 e. The molecule has 0 heterocycles. The largest absolute Gasteiger partial charge is 0.462 e. The second kappa shape index (κ2) is 67.1. The third-order valence-corrected chi connectivity index (χ3v) is 14.9. The van der Waals surface area contributed by atoms with Crippen LogP contribution in [0, 0.1) is 0 Å². The van der Waals surface area contributed by atoms with Crippen molar-refractivity contribution in [3.63, 3.8) is 0 Å². The summed E-state index contributed by atoms with van der Waals surface area (Å²) in [6.07, 6.45) is 88.8. The lowest BCUT2D eigenvalue weighted by Gasteiger charge is -2.18. The van der Waals surface area contributed by atoms with E-state index in [1.807, 2.05) is 0 Å². The first-order valence-corrected chi connectivity index (χ1v) is 34.1. The molecule has 0 N–H and O–H groups in total. The molecule has 0 aromatic heterocycles. The zero-order chi connectivity index (χ0) is 57.1. The van der Waals surface area contributed by atoms with Crippen LogP contribution in [-0.4, -0.2) is 37.2 Å². The highest BCUT2D eigenvalue weighted by molar-refractivity contribution is 5.71. The summed E-state index contributed by atoms with van der Waals surface area (Å²) in [5, 5.41) is 0. The van der Waals surface area contributed by atoms with Gasteiger partial charge in [-0.05, 0) is 116 Å². The zero-order valence-corrected chi connectivity index (χ0v) is 52.4. The van der Waals surface area contributed by atoms with Crippen LogP contribution in [0.15, 0.2) is 85.1 Å². The third kappa shape index (κ3) is 65.3. The van der Waals surface area contributed by atoms with Crippen LogP contribution < -0.4 is 0 Å². The third-order valence-electron chi connectivity index (χ3n) is 14.9. The molecule has 0 radical (unpaired) electrons. The fraction of sp³-hybridized carbons (Fsp3) is 0.767. The molecule has 0 fully saturated rings. The summed E-state index contributed by atoms with van der Waals surface area (Å²) >= 11 is 0. The second-order valence-electron chi connectivity index (χ2n) is 22.7. The summed E-state index contributed by atoms with van der Waals surface area (Å²) in [6.45, 7) is 6.55. The predicted molar refractivity (Wildman–Crippen MR) is 344 cm³/mol. The van der Waals surface area contributed by atoms with Crippen molar-refractivity contribution in [1.29, 1.82) is 0 Å². The quantitative estimate of drug-likeness (QED) is 0.0261. The van der Waals surface area contributed by atoms with E-state index in [0.29, 0.717) is 19.3 Å². The van der Waals surface area contributed by atoms with Crippen LogP contribution in [0.5, 0.6) is 0 Å². The summed E-state index contributed by atoms with van der Waals surface area (Å²) in [6, 6.07) is 0. The van der Waals surface area contributed by atoms with E-state index in [2.05, 4.69) is 106 Å². The number of unbranched alkanes of at least 4 members (excludes halogenated alkanes) is 37. The molecule has 0 aliphatic heterocycles. The summed E-state index contributed by atoms with van der Waals surface area (Å²) in [5.41, 5.74) is 0. The number of ether oxygens (including phenoxy) is 3. The summed E-state index contributed by atoms with van der Waals surface area (Å²) in [7, 11) is 0. The number of carbonyl (C=O) groups excluding carboxylic acids is 3. The molecular formula is C73H128O6. The molecule has 0 amide bonds. The molecule has 1 atom stereocenters. The normalized spacial score (nSPS) is 12.6. The minimum absolute atomic E-state index is 0.0814. The molecule has 0 aromatic rings. The molecule has 6 nitrogen and oxygen atoms in total. The van der Waals surface area contributed by atoms with Gasteiger partial charge in [0, 0.05) is 19.3 Å². The zero-order valence-electron chi connectivity index (χ0n) is 52.4. The van der Waals surface area contributed by atoms with Crippen molar-refractivity contribution >= 4 is 17.9 Å². The van der Waals surface area contributed by atoms with Crippen LogP contribution in [0.4, 0.5) is 0 Å². The Morgan fingerprint density at radius 2 is 0.494 bits per heavy atom. The standard InChI is InChI=1S/C73H128O6/c1-4-7-10-13-16-19-22-25-28-30-32-34-35-36-37-39-40-42-45-48-51-54-57-60-63-66-72(75)78-69-70(68-77-71(74)65-62-59-56-53-50-47-44-27-24-21-18-15-12-9-6-3)79-73(76)67-64-61-58-55-52-49-46-43-41-38-33-31-29-26-23-20-17-14-11-8-5-2/h7,10,16,19,25,27-28,31-34,36-37,44,70H,4-6,8-9,11-15,17-18,20-24,26,29-30,35,38-43,45-69H2,1-3H3/b10-7-,19-16-,28-25-,33-31-,34-32-,37-36-,44-27-. The lowest BCUT2D eigenvalue weighted by Crippen LogP contribution is -2.30. The Morgan fingerprint density at radius 3 is 0.785 bits per heavy atom. The Balaban J connectivity index is 4.35. The van der Waals surface area contributed by atoms with Crippen molar-refractivity contribution in [1.82, 2.24) is 0 Å². The van der Waals surface area contributed by atoms with E-state index in [9.17, 15) is 14.4 Å². The van der Waals surface area contributed by atoms with Gasteiger partial charge in [0.15, 0.2) is 6.10 Å². The maximum atomic E-state index is 12.9. The molecule has 1 unspecified atom stereocenters. The van der Waals surface area contributed by atoms with E-state index in [-0.39, 0.29) is 31.1 Å². The van der Waals surface area contributed by atoms with Crippen LogP contribution in [0.2, 0.25) is 0 Å². The van der Waals surface area contributed by atoms with Crippen molar-refractivity contribution in [2.75, 3.05) is 13.2 Å². The van der Waals surface area contributed by atoms with E-state index in [1.54, 1.807) is 0 Å². The highest BCUT2D eigenvalue weighted by Gasteiger charge is 2.19. The Labute approximate surface area is 490 Å². The monoisotopic (exact) mass is 1100 g/mol. The second-order valence-corrected chi connectivity index (χ2v) is 22.7. The van der Waals surface area contributed by atoms with E-state index in [4.69, 9.17) is 14.2 Å². The van der Waals surface area contributed by atoms with Gasteiger partial charge < -0.3 is 14.2 Å². The molecule has 0 aliphatic carbocycles. The summed E-state index contributed by atoms with van der Waals surface area (Å²) < 4.78 is 17.0. The maximum absolute atomic E-state index is 12.9. The average Bonchev–Trinajstić information content (AvgIpc) is 3.45. The number of esters is 3. The lowest BCUT2D eigenvalue weighted by molar-refractivity contribution is -0.167. The molecule has 0 bridgehead atoms. The number of hydrogen-bond acceptors (Lipinski definition) is 6. The van der Waals surface area contributed by atoms with Crippen LogP contribution in [-0.2, 0) is 28.6 Å². The van der Waals surface area contributed by atoms with Crippen molar-refractivity contribution < 1.29 is 28.6 Å². The Bertz CT molecular complexity index is 1500. The Morgan fingerprint density at radius 1 is 0.266 bits per heavy atom. The summed E-state index contributed by atoms with van der Waals surface area (Å²) in [4.78, 5) is 38.4. The Kier molecular flexibility index (Phi) is 64.2. The molecular weight excluding hydrogens is 973 g/mol. The van der Waals surface area contributed by atoms with Gasteiger partial charge in [0.05, 0.1) is 0 Å². The smallest absolute Gasteiger partial charge is 0.306 e. The SMILES string of the molecule is CC/C=C\C/C=C\C/C=C\C/C=C\C/C=C\CCCCCCCCCCCC(=O)OCC(COC(=O)CCCCCCC/C=C\CCCCCCCC)OC(=O)CCCCCCCCCCC/C=C\CCCCCCCCCC. The number of allylic oxidation sites excluding steroid dienone is 14.